The molecule has 0 unspecified atom stereocenters. The Labute approximate surface area is 197 Å². The van der Waals surface area contributed by atoms with Gasteiger partial charge in [-0.25, -0.2) is 9.59 Å². The molecule has 0 fully saturated rings. The van der Waals surface area contributed by atoms with Gasteiger partial charge in [0.15, 0.2) is 6.04 Å². The monoisotopic (exact) mass is 477 g/mol. The summed E-state index contributed by atoms with van der Waals surface area (Å²) in [5.41, 5.74) is 1.19. The van der Waals surface area contributed by atoms with E-state index in [9.17, 15) is 18.4 Å². The highest BCUT2D eigenvalue weighted by Crippen LogP contribution is 2.35. The normalized spacial score (nSPS) is 15.9. The van der Waals surface area contributed by atoms with Gasteiger partial charge in [-0.2, -0.15) is 8.78 Å². The highest BCUT2D eigenvalue weighted by molar-refractivity contribution is 5.84. The molecular weight excluding hydrogens is 448 g/mol. The van der Waals surface area contributed by atoms with Crippen LogP contribution in [-0.2, 0) is 27.3 Å². The number of ether oxygens (including phenoxy) is 4. The summed E-state index contributed by atoms with van der Waals surface area (Å²) in [6.45, 7) is 6.20. The van der Waals surface area contributed by atoms with Gasteiger partial charge in [-0.05, 0) is 56.5 Å². The first-order valence-electron chi connectivity index (χ1n) is 10.9. The fraction of sp³-hybridized carbons (Fsp3) is 0.440. The van der Waals surface area contributed by atoms with Crippen molar-refractivity contribution in [2.24, 2.45) is 0 Å². The van der Waals surface area contributed by atoms with Gasteiger partial charge >= 0.3 is 18.2 Å². The average Bonchev–Trinajstić information content (AvgIpc) is 2.74. The maximum Gasteiger partial charge on any atom is 0.411 e. The molecule has 0 radical (unpaired) electrons. The molecule has 2 aromatic rings. The zero-order chi connectivity index (χ0) is 25.1. The van der Waals surface area contributed by atoms with E-state index in [1.165, 1.54) is 18.1 Å². The van der Waals surface area contributed by atoms with E-state index in [-0.39, 0.29) is 18.9 Å². The number of rotatable bonds is 6. The van der Waals surface area contributed by atoms with Gasteiger partial charge in [0.25, 0.3) is 0 Å². The molecule has 1 atom stereocenters. The molecule has 1 heterocycles. The predicted molar refractivity (Wildman–Crippen MR) is 120 cm³/mol. The second-order valence-electron chi connectivity index (χ2n) is 9.02. The fourth-order valence-corrected chi connectivity index (χ4v) is 3.65. The molecule has 2 aromatic carbocycles. The van der Waals surface area contributed by atoms with Crippen molar-refractivity contribution >= 4 is 12.1 Å². The summed E-state index contributed by atoms with van der Waals surface area (Å²) in [4.78, 5) is 26.7. The third kappa shape index (κ3) is 6.36. The van der Waals surface area contributed by atoms with Crippen molar-refractivity contribution in [1.82, 2.24) is 4.90 Å². The molecule has 1 aliphatic heterocycles. The van der Waals surface area contributed by atoms with Crippen LogP contribution in [0.4, 0.5) is 13.6 Å². The lowest BCUT2D eigenvalue weighted by atomic mass is 9.92. The van der Waals surface area contributed by atoms with E-state index in [1.54, 1.807) is 57.2 Å². The molecule has 1 amide bonds. The molecule has 184 valence electrons. The van der Waals surface area contributed by atoms with Gasteiger partial charge in [0, 0.05) is 19.0 Å². The van der Waals surface area contributed by atoms with E-state index in [0.717, 1.165) is 5.56 Å². The van der Waals surface area contributed by atoms with Crippen molar-refractivity contribution in [3.05, 3.63) is 59.2 Å². The molecule has 0 spiro atoms. The fourth-order valence-electron chi connectivity index (χ4n) is 3.65. The number of alkyl halides is 2. The Bertz CT molecular complexity index is 1040. The van der Waals surface area contributed by atoms with Crippen LogP contribution in [0.25, 0.3) is 0 Å². The third-order valence-corrected chi connectivity index (χ3v) is 5.05. The van der Waals surface area contributed by atoms with Crippen molar-refractivity contribution in [2.45, 2.75) is 58.5 Å². The van der Waals surface area contributed by atoms with Gasteiger partial charge in [-0.15, -0.1) is 0 Å². The first-order valence-corrected chi connectivity index (χ1v) is 10.9. The first-order chi connectivity index (χ1) is 15.9. The third-order valence-electron chi connectivity index (χ3n) is 5.05. The second kappa shape index (κ2) is 9.87. The second-order valence-corrected chi connectivity index (χ2v) is 9.02. The standard InChI is InChI=1S/C25H29F2NO6/c1-24(2,3)34-23(30)28-13-12-16-14-18(10-11-19(16)21(28)22(29)31-5)32-15-17-8-6-7-9-20(17)33-25(4,26)27/h6-11,14,21H,12-13,15H2,1-5H3/t21-/m1/s1. The number of esters is 1. The Morgan fingerprint density at radius 1 is 1.09 bits per heavy atom. The number of fused-ring (bicyclic) bond motifs is 1. The molecule has 0 aromatic heterocycles. The Morgan fingerprint density at radius 2 is 1.79 bits per heavy atom. The lowest BCUT2D eigenvalue weighted by Gasteiger charge is -2.36. The minimum absolute atomic E-state index is 0.00943. The number of halogens is 2. The Hall–Kier alpha value is -3.36. The van der Waals surface area contributed by atoms with Crippen molar-refractivity contribution in [3.63, 3.8) is 0 Å². The van der Waals surface area contributed by atoms with E-state index in [1.807, 2.05) is 0 Å². The molecule has 1 aliphatic rings. The summed E-state index contributed by atoms with van der Waals surface area (Å²) in [6.07, 6.45) is -3.44. The molecule has 0 N–H and O–H groups in total. The Morgan fingerprint density at radius 3 is 2.44 bits per heavy atom. The minimum atomic E-state index is -3.31. The number of nitrogens with zero attached hydrogens (tertiary/aromatic N) is 1. The topological polar surface area (TPSA) is 74.3 Å². The zero-order valence-electron chi connectivity index (χ0n) is 19.9. The Balaban J connectivity index is 1.80. The number of hydrogen-bond acceptors (Lipinski definition) is 6. The van der Waals surface area contributed by atoms with Gasteiger partial charge in [-0.3, -0.25) is 4.90 Å². The van der Waals surface area contributed by atoms with E-state index in [4.69, 9.17) is 18.9 Å². The van der Waals surface area contributed by atoms with Crippen LogP contribution in [0.2, 0.25) is 0 Å². The van der Waals surface area contributed by atoms with E-state index < -0.39 is 29.8 Å². The molecule has 0 saturated heterocycles. The quantitative estimate of drug-likeness (QED) is 0.528. The van der Waals surface area contributed by atoms with Gasteiger partial charge in [-0.1, -0.05) is 24.3 Å². The SMILES string of the molecule is COC(=O)[C@H]1c2ccc(OCc3ccccc3OC(C)(F)F)cc2CCN1C(=O)OC(C)(C)C. The Kier molecular flexibility index (Phi) is 7.33. The molecule has 3 rings (SSSR count). The van der Waals surface area contributed by atoms with Gasteiger partial charge in [0.1, 0.15) is 23.7 Å². The summed E-state index contributed by atoms with van der Waals surface area (Å²) in [5, 5.41) is 0. The molecule has 0 saturated carbocycles. The van der Waals surface area contributed by atoms with E-state index in [0.29, 0.717) is 30.2 Å². The number of methoxy groups -OCH3 is 1. The number of benzene rings is 2. The summed E-state index contributed by atoms with van der Waals surface area (Å²) >= 11 is 0. The van der Waals surface area contributed by atoms with Crippen molar-refractivity contribution in [2.75, 3.05) is 13.7 Å². The zero-order valence-corrected chi connectivity index (χ0v) is 19.9. The van der Waals surface area contributed by atoms with Gasteiger partial charge in [0.2, 0.25) is 0 Å². The van der Waals surface area contributed by atoms with Crippen LogP contribution in [0.3, 0.4) is 0 Å². The molecule has 9 heteroatoms. The van der Waals surface area contributed by atoms with Gasteiger partial charge < -0.3 is 18.9 Å². The number of carbonyl (C=O) groups is 2. The van der Waals surface area contributed by atoms with Gasteiger partial charge in [0.05, 0.1) is 7.11 Å². The minimum Gasteiger partial charge on any atom is -0.489 e. The predicted octanol–water partition coefficient (Wildman–Crippen LogP) is 5.26. The number of carbonyl (C=O) groups excluding carboxylic acids is 2. The number of para-hydroxylation sites is 1. The number of hydrogen-bond donors (Lipinski definition) is 0. The summed E-state index contributed by atoms with van der Waals surface area (Å²) in [7, 11) is 1.26. The maximum atomic E-state index is 13.3. The average molecular weight is 478 g/mol. The lowest BCUT2D eigenvalue weighted by molar-refractivity contribution is -0.159. The molecule has 0 bridgehead atoms. The van der Waals surface area contributed by atoms with E-state index in [2.05, 4.69) is 0 Å². The lowest BCUT2D eigenvalue weighted by Crippen LogP contribution is -2.46. The largest absolute Gasteiger partial charge is 0.489 e. The van der Waals surface area contributed by atoms with Crippen LogP contribution in [-0.4, -0.2) is 42.3 Å². The maximum absolute atomic E-state index is 13.3. The van der Waals surface area contributed by atoms with Crippen molar-refractivity contribution in [3.8, 4) is 11.5 Å². The van der Waals surface area contributed by atoms with Crippen LogP contribution in [0.5, 0.6) is 11.5 Å². The summed E-state index contributed by atoms with van der Waals surface area (Å²) in [5.74, 6) is -0.0510. The molecule has 0 aliphatic carbocycles. The summed E-state index contributed by atoms with van der Waals surface area (Å²) in [6, 6.07) is 10.6. The van der Waals surface area contributed by atoms with Crippen LogP contribution >= 0.6 is 0 Å². The molecule has 34 heavy (non-hydrogen) atoms. The highest BCUT2D eigenvalue weighted by atomic mass is 19.3. The first kappa shape index (κ1) is 25.3. The molecular formula is C25H29F2NO6. The number of amides is 1. The van der Waals surface area contributed by atoms with Crippen LogP contribution < -0.4 is 9.47 Å². The van der Waals surface area contributed by atoms with Crippen LogP contribution in [0.15, 0.2) is 42.5 Å². The van der Waals surface area contributed by atoms with Crippen LogP contribution in [0.1, 0.15) is 50.4 Å². The highest BCUT2D eigenvalue weighted by Gasteiger charge is 2.39. The van der Waals surface area contributed by atoms with Crippen LogP contribution in [0, 0.1) is 0 Å². The smallest absolute Gasteiger partial charge is 0.411 e. The van der Waals surface area contributed by atoms with Crippen molar-refractivity contribution < 1.29 is 37.3 Å². The molecule has 7 nitrogen and oxygen atoms in total. The summed E-state index contributed by atoms with van der Waals surface area (Å²) < 4.78 is 47.6. The van der Waals surface area contributed by atoms with E-state index >= 15 is 0 Å². The van der Waals surface area contributed by atoms with Crippen molar-refractivity contribution in [1.29, 1.82) is 0 Å².